The van der Waals surface area contributed by atoms with Gasteiger partial charge in [-0.15, -0.1) is 0 Å². The number of halogens is 2. The normalized spacial score (nSPS) is 22.0. The van der Waals surface area contributed by atoms with E-state index in [2.05, 4.69) is 10.3 Å². The van der Waals surface area contributed by atoms with Crippen LogP contribution in [0.15, 0.2) is 52.8 Å². The standard InChI is InChI=1S/C17H12F2N4O2/c1-9-5-6-12(8-13(9)19)23-15-14(20-21-23)16(24)22(17(15)25)11-4-2-3-10(18)7-11/h2-8,14-15H,1H3/t14-,15-/m1/s1. The lowest BCUT2D eigenvalue weighted by Gasteiger charge is -2.20. The molecule has 0 aromatic heterocycles. The van der Waals surface area contributed by atoms with Crippen molar-refractivity contribution in [2.24, 2.45) is 10.3 Å². The first-order valence-corrected chi connectivity index (χ1v) is 7.57. The van der Waals surface area contributed by atoms with Gasteiger partial charge in [0.1, 0.15) is 11.6 Å². The molecular formula is C17H12F2N4O2. The SMILES string of the molecule is Cc1ccc(N2N=N[C@H]3C(=O)N(c4cccc(F)c4)C(=O)[C@@H]32)cc1F. The number of nitrogens with zero attached hydrogens (tertiary/aromatic N) is 4. The molecule has 2 heterocycles. The zero-order valence-electron chi connectivity index (χ0n) is 13.1. The highest BCUT2D eigenvalue weighted by atomic mass is 19.1. The molecule has 126 valence electrons. The van der Waals surface area contributed by atoms with Crippen LogP contribution >= 0.6 is 0 Å². The summed E-state index contributed by atoms with van der Waals surface area (Å²) in [6, 6.07) is 7.56. The number of hydrogen-bond donors (Lipinski definition) is 0. The van der Waals surface area contributed by atoms with Crippen LogP contribution in [-0.4, -0.2) is 23.9 Å². The molecule has 2 aliphatic heterocycles. The lowest BCUT2D eigenvalue weighted by molar-refractivity contribution is -0.121. The van der Waals surface area contributed by atoms with Crippen LogP contribution < -0.4 is 9.91 Å². The maximum atomic E-state index is 13.8. The molecule has 1 fully saturated rings. The first kappa shape index (κ1) is 15.4. The van der Waals surface area contributed by atoms with E-state index in [1.54, 1.807) is 19.1 Å². The van der Waals surface area contributed by atoms with Gasteiger partial charge in [0.05, 0.1) is 11.4 Å². The molecule has 0 spiro atoms. The number of carbonyl (C=O) groups is 2. The fraction of sp³-hybridized carbons (Fsp3) is 0.176. The van der Waals surface area contributed by atoms with Gasteiger partial charge in [0.15, 0.2) is 12.1 Å². The number of carbonyl (C=O) groups excluding carboxylic acids is 2. The summed E-state index contributed by atoms with van der Waals surface area (Å²) in [4.78, 5) is 26.2. The van der Waals surface area contributed by atoms with Crippen LogP contribution in [0.2, 0.25) is 0 Å². The van der Waals surface area contributed by atoms with E-state index >= 15 is 0 Å². The Labute approximate surface area is 141 Å². The Morgan fingerprint density at radius 3 is 2.52 bits per heavy atom. The van der Waals surface area contributed by atoms with Gasteiger partial charge in [0.25, 0.3) is 11.8 Å². The third-order valence-corrected chi connectivity index (χ3v) is 4.27. The highest BCUT2D eigenvalue weighted by Crippen LogP contribution is 2.35. The molecule has 6 nitrogen and oxygen atoms in total. The predicted octanol–water partition coefficient (Wildman–Crippen LogP) is 2.77. The molecule has 2 aromatic rings. The van der Waals surface area contributed by atoms with Crippen molar-refractivity contribution in [1.29, 1.82) is 0 Å². The van der Waals surface area contributed by atoms with Gasteiger partial charge in [-0.2, -0.15) is 5.11 Å². The van der Waals surface area contributed by atoms with Gasteiger partial charge >= 0.3 is 0 Å². The lowest BCUT2D eigenvalue weighted by atomic mass is 10.1. The zero-order chi connectivity index (χ0) is 17.7. The molecule has 25 heavy (non-hydrogen) atoms. The van der Waals surface area contributed by atoms with Gasteiger partial charge in [0, 0.05) is 0 Å². The number of fused-ring (bicyclic) bond motifs is 1. The average Bonchev–Trinajstić information content (AvgIpc) is 3.11. The molecule has 0 aliphatic carbocycles. The van der Waals surface area contributed by atoms with Crippen molar-refractivity contribution in [3.05, 3.63) is 59.7 Å². The smallest absolute Gasteiger partial charge is 0.263 e. The van der Waals surface area contributed by atoms with Gasteiger partial charge in [-0.1, -0.05) is 17.4 Å². The maximum Gasteiger partial charge on any atom is 0.263 e. The number of amides is 2. The Balaban J connectivity index is 1.71. The van der Waals surface area contributed by atoms with Crippen molar-refractivity contribution < 1.29 is 18.4 Å². The molecule has 0 saturated carbocycles. The van der Waals surface area contributed by atoms with E-state index in [4.69, 9.17) is 0 Å². The second kappa shape index (κ2) is 5.44. The molecule has 0 radical (unpaired) electrons. The third-order valence-electron chi connectivity index (χ3n) is 4.27. The number of imide groups is 1. The van der Waals surface area contributed by atoms with Crippen LogP contribution in [0, 0.1) is 18.6 Å². The number of anilines is 2. The van der Waals surface area contributed by atoms with Crippen molar-refractivity contribution in [3.63, 3.8) is 0 Å². The second-order valence-corrected chi connectivity index (χ2v) is 5.86. The highest BCUT2D eigenvalue weighted by Gasteiger charge is 2.55. The third kappa shape index (κ3) is 2.29. The Morgan fingerprint density at radius 2 is 1.80 bits per heavy atom. The Bertz CT molecular complexity index is 931. The molecule has 2 aliphatic rings. The molecule has 1 saturated heterocycles. The highest BCUT2D eigenvalue weighted by molar-refractivity contribution is 6.26. The molecule has 2 amide bonds. The van der Waals surface area contributed by atoms with E-state index in [9.17, 15) is 18.4 Å². The van der Waals surface area contributed by atoms with Crippen molar-refractivity contribution >= 4 is 23.2 Å². The van der Waals surface area contributed by atoms with Crippen molar-refractivity contribution in [1.82, 2.24) is 0 Å². The Morgan fingerprint density at radius 1 is 1.00 bits per heavy atom. The Kier molecular flexibility index (Phi) is 3.34. The average molecular weight is 342 g/mol. The lowest BCUT2D eigenvalue weighted by Crippen LogP contribution is -2.40. The summed E-state index contributed by atoms with van der Waals surface area (Å²) in [6.07, 6.45) is 0. The van der Waals surface area contributed by atoms with Crippen LogP contribution in [0.4, 0.5) is 20.2 Å². The number of hydrogen-bond acceptors (Lipinski definition) is 5. The molecule has 8 heteroatoms. The van der Waals surface area contributed by atoms with E-state index < -0.39 is 35.5 Å². The monoisotopic (exact) mass is 342 g/mol. The zero-order valence-corrected chi connectivity index (χ0v) is 13.1. The predicted molar refractivity (Wildman–Crippen MR) is 84.9 cm³/mol. The van der Waals surface area contributed by atoms with E-state index in [0.717, 1.165) is 11.0 Å². The first-order chi connectivity index (χ1) is 12.0. The topological polar surface area (TPSA) is 65.3 Å². The van der Waals surface area contributed by atoms with E-state index in [-0.39, 0.29) is 5.69 Å². The molecule has 0 bridgehead atoms. The minimum absolute atomic E-state index is 0.134. The van der Waals surface area contributed by atoms with Crippen LogP contribution in [0.3, 0.4) is 0 Å². The molecular weight excluding hydrogens is 330 g/mol. The summed E-state index contributed by atoms with van der Waals surface area (Å²) in [5, 5.41) is 8.95. The summed E-state index contributed by atoms with van der Waals surface area (Å²) < 4.78 is 27.3. The van der Waals surface area contributed by atoms with Gasteiger partial charge in [-0.3, -0.25) is 9.59 Å². The van der Waals surface area contributed by atoms with E-state index in [0.29, 0.717) is 11.3 Å². The largest absolute Gasteiger partial charge is 0.271 e. The maximum absolute atomic E-state index is 13.8. The van der Waals surface area contributed by atoms with Gasteiger partial charge < -0.3 is 0 Å². The van der Waals surface area contributed by atoms with Gasteiger partial charge in [-0.05, 0) is 42.8 Å². The van der Waals surface area contributed by atoms with Gasteiger partial charge in [-0.25, -0.2) is 18.7 Å². The second-order valence-electron chi connectivity index (χ2n) is 5.86. The first-order valence-electron chi connectivity index (χ1n) is 7.57. The van der Waals surface area contributed by atoms with E-state index in [1.165, 1.54) is 29.3 Å². The summed E-state index contributed by atoms with van der Waals surface area (Å²) in [5.74, 6) is -2.17. The minimum atomic E-state index is -1.03. The summed E-state index contributed by atoms with van der Waals surface area (Å²) in [6.45, 7) is 1.61. The van der Waals surface area contributed by atoms with Crippen LogP contribution in [0.25, 0.3) is 0 Å². The number of rotatable bonds is 2. The Hall–Kier alpha value is -3.16. The van der Waals surface area contributed by atoms with Crippen molar-refractivity contribution in [2.45, 2.75) is 19.0 Å². The van der Waals surface area contributed by atoms with Gasteiger partial charge in [0.2, 0.25) is 0 Å². The molecule has 0 N–H and O–H groups in total. The van der Waals surface area contributed by atoms with Crippen molar-refractivity contribution in [2.75, 3.05) is 9.91 Å². The van der Waals surface area contributed by atoms with E-state index in [1.807, 2.05) is 0 Å². The molecule has 0 unspecified atom stereocenters. The minimum Gasteiger partial charge on any atom is -0.271 e. The molecule has 4 rings (SSSR count). The molecule has 2 aromatic carbocycles. The summed E-state index contributed by atoms with van der Waals surface area (Å²) >= 11 is 0. The quantitative estimate of drug-likeness (QED) is 0.788. The van der Waals surface area contributed by atoms with Crippen LogP contribution in [-0.2, 0) is 9.59 Å². The summed E-state index contributed by atoms with van der Waals surface area (Å²) in [7, 11) is 0. The number of aryl methyl sites for hydroxylation is 1. The van der Waals surface area contributed by atoms with Crippen LogP contribution in [0.5, 0.6) is 0 Å². The molecule has 2 atom stereocenters. The number of benzene rings is 2. The van der Waals surface area contributed by atoms with Crippen molar-refractivity contribution in [3.8, 4) is 0 Å². The summed E-state index contributed by atoms with van der Waals surface area (Å²) in [5.41, 5.74) is 0.905. The fourth-order valence-electron chi connectivity index (χ4n) is 2.97. The fourth-order valence-corrected chi connectivity index (χ4v) is 2.97. The van der Waals surface area contributed by atoms with Crippen LogP contribution in [0.1, 0.15) is 5.56 Å².